The summed E-state index contributed by atoms with van der Waals surface area (Å²) in [6.45, 7) is 0.494. The van der Waals surface area contributed by atoms with Crippen LogP contribution in [-0.2, 0) is 0 Å². The molecule has 0 spiro atoms. The zero-order valence-corrected chi connectivity index (χ0v) is 7.21. The molecule has 12 heavy (non-hydrogen) atoms. The topological polar surface area (TPSA) is 33.0 Å². The third-order valence-corrected chi connectivity index (χ3v) is 1.48. The van der Waals surface area contributed by atoms with Crippen molar-refractivity contribution in [2.45, 2.75) is 0 Å². The van der Waals surface area contributed by atoms with Gasteiger partial charge in [0.15, 0.2) is 0 Å². The van der Waals surface area contributed by atoms with E-state index in [0.717, 1.165) is 5.75 Å². The van der Waals surface area contributed by atoms with Crippen molar-refractivity contribution in [2.75, 3.05) is 12.5 Å². The molecule has 62 valence electrons. The van der Waals surface area contributed by atoms with Crippen molar-refractivity contribution in [3.05, 3.63) is 29.8 Å². The summed E-state index contributed by atoms with van der Waals surface area (Å²) in [5, 5.41) is 8.49. The largest absolute Gasteiger partial charge is 0.492 e. The van der Waals surface area contributed by atoms with E-state index in [0.29, 0.717) is 18.1 Å². The quantitative estimate of drug-likeness (QED) is 0.670. The van der Waals surface area contributed by atoms with Crippen LogP contribution in [0.5, 0.6) is 5.75 Å². The van der Waals surface area contributed by atoms with Crippen molar-refractivity contribution in [3.63, 3.8) is 0 Å². The molecule has 0 heterocycles. The lowest BCUT2D eigenvalue weighted by molar-refractivity contribution is 0.343. The highest BCUT2D eigenvalue weighted by Crippen LogP contribution is 2.11. The van der Waals surface area contributed by atoms with Crippen LogP contribution in [0.1, 0.15) is 5.56 Å². The van der Waals surface area contributed by atoms with Gasteiger partial charge >= 0.3 is 0 Å². The first-order valence-electron chi connectivity index (χ1n) is 3.56. The molecular formula is C9H8ClNO. The molecule has 0 fully saturated rings. The summed E-state index contributed by atoms with van der Waals surface area (Å²) in [6, 6.07) is 8.96. The van der Waals surface area contributed by atoms with Crippen LogP contribution in [0, 0.1) is 11.3 Å². The average Bonchev–Trinajstić information content (AvgIpc) is 2.15. The zero-order valence-electron chi connectivity index (χ0n) is 6.46. The predicted octanol–water partition coefficient (Wildman–Crippen LogP) is 2.18. The molecule has 0 unspecified atom stereocenters. The summed E-state index contributed by atoms with van der Waals surface area (Å²) in [5.74, 6) is 1.22. The van der Waals surface area contributed by atoms with Crippen LogP contribution in [0.3, 0.4) is 0 Å². The van der Waals surface area contributed by atoms with E-state index in [4.69, 9.17) is 21.6 Å². The number of halogens is 1. The molecule has 0 radical (unpaired) electrons. The predicted molar refractivity (Wildman–Crippen MR) is 47.4 cm³/mol. The maximum atomic E-state index is 8.49. The molecule has 0 amide bonds. The summed E-state index contributed by atoms with van der Waals surface area (Å²) in [4.78, 5) is 0. The van der Waals surface area contributed by atoms with Crippen molar-refractivity contribution in [2.24, 2.45) is 0 Å². The minimum absolute atomic E-state index is 0.472. The first-order valence-corrected chi connectivity index (χ1v) is 4.09. The molecule has 0 saturated heterocycles. The van der Waals surface area contributed by atoms with Crippen LogP contribution in [0.25, 0.3) is 0 Å². The molecule has 0 aliphatic heterocycles. The van der Waals surface area contributed by atoms with Crippen molar-refractivity contribution < 1.29 is 4.74 Å². The van der Waals surface area contributed by atoms with Crippen LogP contribution >= 0.6 is 11.6 Å². The molecule has 1 rings (SSSR count). The monoisotopic (exact) mass is 181 g/mol. The molecule has 1 aromatic carbocycles. The fourth-order valence-electron chi connectivity index (χ4n) is 0.782. The Morgan fingerprint density at radius 3 is 2.50 bits per heavy atom. The normalized spacial score (nSPS) is 9.00. The number of nitriles is 1. The summed E-state index contributed by atoms with van der Waals surface area (Å²) in [6.07, 6.45) is 0. The second-order valence-electron chi connectivity index (χ2n) is 2.17. The fraction of sp³-hybridized carbons (Fsp3) is 0.222. The van der Waals surface area contributed by atoms with Gasteiger partial charge in [0.1, 0.15) is 12.4 Å². The van der Waals surface area contributed by atoms with Gasteiger partial charge in [-0.25, -0.2) is 0 Å². The van der Waals surface area contributed by atoms with E-state index in [-0.39, 0.29) is 0 Å². The highest BCUT2D eigenvalue weighted by molar-refractivity contribution is 6.17. The zero-order chi connectivity index (χ0) is 8.81. The van der Waals surface area contributed by atoms with Gasteiger partial charge in [0.2, 0.25) is 0 Å². The van der Waals surface area contributed by atoms with Gasteiger partial charge in [-0.2, -0.15) is 5.26 Å². The highest BCUT2D eigenvalue weighted by atomic mass is 35.5. The van der Waals surface area contributed by atoms with Gasteiger partial charge in [0.25, 0.3) is 0 Å². The standard InChI is InChI=1S/C9H8ClNO/c10-5-6-12-9-3-1-8(7-11)2-4-9/h1-4H,5-6H2. The second kappa shape index (κ2) is 4.63. The summed E-state index contributed by atoms with van der Waals surface area (Å²) in [7, 11) is 0. The number of rotatable bonds is 3. The first-order chi connectivity index (χ1) is 5.86. The lowest BCUT2D eigenvalue weighted by Gasteiger charge is -2.02. The first kappa shape index (κ1) is 8.89. The van der Waals surface area contributed by atoms with Gasteiger partial charge in [-0.3, -0.25) is 0 Å². The van der Waals surface area contributed by atoms with Crippen molar-refractivity contribution >= 4 is 11.6 Å². The Morgan fingerprint density at radius 1 is 1.33 bits per heavy atom. The number of benzene rings is 1. The highest BCUT2D eigenvalue weighted by Gasteiger charge is 1.92. The summed E-state index contributed by atoms with van der Waals surface area (Å²) < 4.78 is 5.21. The number of ether oxygens (including phenoxy) is 1. The van der Waals surface area contributed by atoms with Gasteiger partial charge in [-0.15, -0.1) is 11.6 Å². The molecule has 2 nitrogen and oxygen atoms in total. The van der Waals surface area contributed by atoms with Gasteiger partial charge < -0.3 is 4.74 Å². The molecule has 0 N–H and O–H groups in total. The van der Waals surface area contributed by atoms with Crippen LogP contribution in [0.4, 0.5) is 0 Å². The van der Waals surface area contributed by atoms with E-state index in [1.807, 2.05) is 6.07 Å². The van der Waals surface area contributed by atoms with E-state index in [1.54, 1.807) is 24.3 Å². The Bertz CT molecular complexity index is 276. The molecule has 1 aromatic rings. The molecule has 0 aliphatic carbocycles. The molecule has 0 bridgehead atoms. The molecule has 0 aromatic heterocycles. The van der Waals surface area contributed by atoms with Gasteiger partial charge in [0, 0.05) is 0 Å². The molecular weight excluding hydrogens is 174 g/mol. The maximum Gasteiger partial charge on any atom is 0.119 e. The molecule has 0 aliphatic rings. The Labute approximate surface area is 76.3 Å². The number of nitrogens with zero attached hydrogens (tertiary/aromatic N) is 1. The molecule has 0 saturated carbocycles. The summed E-state index contributed by atoms with van der Waals surface area (Å²) in [5.41, 5.74) is 0.633. The minimum atomic E-state index is 0.472. The van der Waals surface area contributed by atoms with Crippen molar-refractivity contribution in [3.8, 4) is 11.8 Å². The molecule has 3 heteroatoms. The average molecular weight is 182 g/mol. The Balaban J connectivity index is 2.60. The third-order valence-electron chi connectivity index (χ3n) is 1.33. The Hall–Kier alpha value is -1.20. The lowest BCUT2D eigenvalue weighted by Crippen LogP contribution is -1.97. The van der Waals surface area contributed by atoms with Crippen molar-refractivity contribution in [1.82, 2.24) is 0 Å². The molecule has 0 atom stereocenters. The second-order valence-corrected chi connectivity index (χ2v) is 2.55. The van der Waals surface area contributed by atoms with E-state index in [1.165, 1.54) is 0 Å². The number of hydrogen-bond donors (Lipinski definition) is 0. The lowest BCUT2D eigenvalue weighted by atomic mass is 10.2. The van der Waals surface area contributed by atoms with Gasteiger partial charge in [-0.1, -0.05) is 0 Å². The SMILES string of the molecule is N#Cc1ccc(OCCCl)cc1. The Morgan fingerprint density at radius 2 is 2.00 bits per heavy atom. The van der Waals surface area contributed by atoms with Gasteiger partial charge in [0.05, 0.1) is 17.5 Å². The summed E-state index contributed by atoms with van der Waals surface area (Å²) >= 11 is 5.43. The maximum absolute atomic E-state index is 8.49. The van der Waals surface area contributed by atoms with E-state index in [2.05, 4.69) is 0 Å². The van der Waals surface area contributed by atoms with Crippen LogP contribution in [-0.4, -0.2) is 12.5 Å². The smallest absolute Gasteiger partial charge is 0.119 e. The van der Waals surface area contributed by atoms with E-state index in [9.17, 15) is 0 Å². The van der Waals surface area contributed by atoms with Crippen LogP contribution in [0.2, 0.25) is 0 Å². The van der Waals surface area contributed by atoms with Gasteiger partial charge in [-0.05, 0) is 24.3 Å². The van der Waals surface area contributed by atoms with E-state index < -0.39 is 0 Å². The van der Waals surface area contributed by atoms with Crippen molar-refractivity contribution in [1.29, 1.82) is 5.26 Å². The Kier molecular flexibility index (Phi) is 3.43. The fourth-order valence-corrected chi connectivity index (χ4v) is 0.859. The number of alkyl halides is 1. The number of hydrogen-bond acceptors (Lipinski definition) is 2. The minimum Gasteiger partial charge on any atom is -0.492 e. The van der Waals surface area contributed by atoms with Crippen LogP contribution < -0.4 is 4.74 Å². The third kappa shape index (κ3) is 2.44. The van der Waals surface area contributed by atoms with Crippen LogP contribution in [0.15, 0.2) is 24.3 Å². The van der Waals surface area contributed by atoms with E-state index >= 15 is 0 Å².